The maximum absolute atomic E-state index is 12.7. The lowest BCUT2D eigenvalue weighted by Crippen LogP contribution is -2.25. The van der Waals surface area contributed by atoms with Gasteiger partial charge < -0.3 is 4.74 Å². The molecule has 5 nitrogen and oxygen atoms in total. The second-order valence-electron chi connectivity index (χ2n) is 7.10. The molecule has 0 fully saturated rings. The van der Waals surface area contributed by atoms with Gasteiger partial charge in [-0.2, -0.15) is 0 Å². The van der Waals surface area contributed by atoms with Crippen molar-refractivity contribution in [1.29, 1.82) is 0 Å². The molecule has 0 saturated carbocycles. The quantitative estimate of drug-likeness (QED) is 0.704. The molecule has 0 N–H and O–H groups in total. The molecule has 0 aliphatic heterocycles. The van der Waals surface area contributed by atoms with Gasteiger partial charge in [0.05, 0.1) is 7.11 Å². The van der Waals surface area contributed by atoms with Crippen molar-refractivity contribution in [2.75, 3.05) is 7.11 Å². The average molecular weight is 360 g/mol. The first kappa shape index (κ1) is 21.7. The number of Topliss-reactive ketones (excluding diaryl/α,β-unsaturated/α-hetero) is 2. The molecular formula is C21H28O5. The van der Waals surface area contributed by atoms with Crippen LogP contribution in [0, 0.1) is 11.8 Å². The Morgan fingerprint density at radius 2 is 1.81 bits per heavy atom. The molecule has 1 rings (SSSR count). The molecule has 0 aromatic rings. The molecular weight excluding hydrogens is 332 g/mol. The van der Waals surface area contributed by atoms with E-state index in [1.54, 1.807) is 6.92 Å². The Kier molecular flexibility index (Phi) is 8.36. The van der Waals surface area contributed by atoms with Crippen LogP contribution in [0.3, 0.4) is 0 Å². The van der Waals surface area contributed by atoms with Crippen molar-refractivity contribution in [3.63, 3.8) is 0 Å². The molecule has 26 heavy (non-hydrogen) atoms. The van der Waals surface area contributed by atoms with E-state index in [4.69, 9.17) is 4.74 Å². The molecule has 0 aromatic heterocycles. The number of hydrogen-bond donors (Lipinski definition) is 0. The Labute approximate surface area is 155 Å². The average Bonchev–Trinajstić information content (AvgIpc) is 2.56. The zero-order chi connectivity index (χ0) is 19.9. The third-order valence-electron chi connectivity index (χ3n) is 4.57. The van der Waals surface area contributed by atoms with Crippen molar-refractivity contribution in [3.05, 3.63) is 34.9 Å². The van der Waals surface area contributed by atoms with Crippen LogP contribution in [0.2, 0.25) is 0 Å². The van der Waals surface area contributed by atoms with Gasteiger partial charge in [-0.3, -0.25) is 14.4 Å². The number of ketones is 3. The highest BCUT2D eigenvalue weighted by molar-refractivity contribution is 6.07. The molecule has 1 aliphatic carbocycles. The van der Waals surface area contributed by atoms with Gasteiger partial charge in [0.15, 0.2) is 11.6 Å². The summed E-state index contributed by atoms with van der Waals surface area (Å²) in [5.74, 6) is -1.89. The van der Waals surface area contributed by atoms with Crippen LogP contribution >= 0.6 is 0 Å². The van der Waals surface area contributed by atoms with Gasteiger partial charge in [-0.05, 0) is 50.3 Å². The zero-order valence-corrected chi connectivity index (χ0v) is 16.3. The van der Waals surface area contributed by atoms with E-state index in [-0.39, 0.29) is 41.7 Å². The maximum atomic E-state index is 12.7. The van der Waals surface area contributed by atoms with E-state index in [0.29, 0.717) is 18.4 Å². The molecule has 0 heterocycles. The topological polar surface area (TPSA) is 77.5 Å². The summed E-state index contributed by atoms with van der Waals surface area (Å²) < 4.78 is 4.71. The Balaban J connectivity index is 3.31. The summed E-state index contributed by atoms with van der Waals surface area (Å²) in [6.45, 7) is 7.31. The Bertz CT molecular complexity index is 677. The number of carbonyl (C=O) groups is 4. The van der Waals surface area contributed by atoms with Crippen molar-refractivity contribution >= 4 is 23.3 Å². The molecule has 0 spiro atoms. The smallest absolute Gasteiger partial charge is 0.334 e. The van der Waals surface area contributed by atoms with E-state index in [1.165, 1.54) is 19.3 Å². The number of esters is 1. The first-order chi connectivity index (χ1) is 12.1. The molecule has 0 saturated heterocycles. The highest BCUT2D eigenvalue weighted by Crippen LogP contribution is 2.23. The monoisotopic (exact) mass is 360 g/mol. The number of methoxy groups -OCH3 is 1. The van der Waals surface area contributed by atoms with Crippen LogP contribution in [-0.2, 0) is 23.9 Å². The Morgan fingerprint density at radius 3 is 2.38 bits per heavy atom. The van der Waals surface area contributed by atoms with Crippen LogP contribution in [0.25, 0.3) is 0 Å². The predicted molar refractivity (Wildman–Crippen MR) is 99.4 cm³/mol. The van der Waals surface area contributed by atoms with E-state index in [0.717, 1.165) is 5.57 Å². The molecule has 1 aliphatic rings. The minimum atomic E-state index is -0.699. The highest BCUT2D eigenvalue weighted by atomic mass is 16.5. The fourth-order valence-electron chi connectivity index (χ4n) is 2.87. The van der Waals surface area contributed by atoms with E-state index in [1.807, 2.05) is 26.8 Å². The Hall–Kier alpha value is -2.30. The summed E-state index contributed by atoms with van der Waals surface area (Å²) in [6, 6.07) is 0. The molecule has 1 atom stereocenters. The van der Waals surface area contributed by atoms with Crippen molar-refractivity contribution in [2.24, 2.45) is 11.8 Å². The summed E-state index contributed by atoms with van der Waals surface area (Å²) in [7, 11) is 1.21. The molecule has 0 radical (unpaired) electrons. The number of allylic oxidation sites excluding steroid dienone is 5. The van der Waals surface area contributed by atoms with Gasteiger partial charge in [0.2, 0.25) is 0 Å². The molecule has 0 amide bonds. The number of hydrogen-bond acceptors (Lipinski definition) is 5. The van der Waals surface area contributed by atoms with Crippen molar-refractivity contribution in [2.45, 2.75) is 53.4 Å². The second kappa shape index (κ2) is 10.00. The molecule has 0 aromatic carbocycles. The van der Waals surface area contributed by atoms with Gasteiger partial charge in [0.1, 0.15) is 5.78 Å². The van der Waals surface area contributed by atoms with E-state index < -0.39 is 11.9 Å². The SMILES string of the molecule is COC(=O)/C1=C/C(=O)/C=C(/C)CC/C=C(/C)C(=O)C[C@@H](C(C)C)C(=O)C1. The largest absolute Gasteiger partial charge is 0.466 e. The molecule has 0 bridgehead atoms. The summed E-state index contributed by atoms with van der Waals surface area (Å²) in [6.07, 6.45) is 5.64. The third kappa shape index (κ3) is 6.54. The van der Waals surface area contributed by atoms with Gasteiger partial charge in [0.25, 0.3) is 0 Å². The van der Waals surface area contributed by atoms with Gasteiger partial charge in [0, 0.05) is 24.3 Å². The first-order valence-corrected chi connectivity index (χ1v) is 8.88. The normalized spacial score (nSPS) is 26.9. The summed E-state index contributed by atoms with van der Waals surface area (Å²) in [4.78, 5) is 49.4. The van der Waals surface area contributed by atoms with E-state index >= 15 is 0 Å². The third-order valence-corrected chi connectivity index (χ3v) is 4.57. The summed E-state index contributed by atoms with van der Waals surface area (Å²) >= 11 is 0. The molecule has 0 unspecified atom stereocenters. The zero-order valence-electron chi connectivity index (χ0n) is 16.3. The van der Waals surface area contributed by atoms with Gasteiger partial charge in [-0.15, -0.1) is 0 Å². The van der Waals surface area contributed by atoms with Crippen LogP contribution in [-0.4, -0.2) is 30.4 Å². The molecule has 5 heteroatoms. The first-order valence-electron chi connectivity index (χ1n) is 8.88. The standard InChI is InChI=1S/C21H28O5/c1-13(2)18-12-19(23)15(4)8-6-7-14(3)9-17(22)10-16(11-20(18)24)21(25)26-5/h8-10,13,18H,6-7,11-12H2,1-5H3/b14-9-,15-8-,16-10+/t18-/m0/s1. The van der Waals surface area contributed by atoms with Crippen LogP contribution < -0.4 is 0 Å². The maximum Gasteiger partial charge on any atom is 0.334 e. The predicted octanol–water partition coefficient (Wildman–Crippen LogP) is 3.53. The summed E-state index contributed by atoms with van der Waals surface area (Å²) in [5.41, 5.74) is 1.49. The fourth-order valence-corrected chi connectivity index (χ4v) is 2.87. The van der Waals surface area contributed by atoms with E-state index in [9.17, 15) is 19.2 Å². The van der Waals surface area contributed by atoms with Gasteiger partial charge in [-0.1, -0.05) is 25.5 Å². The van der Waals surface area contributed by atoms with Gasteiger partial charge >= 0.3 is 5.97 Å². The lowest BCUT2D eigenvalue weighted by molar-refractivity contribution is -0.137. The van der Waals surface area contributed by atoms with Crippen molar-refractivity contribution in [3.8, 4) is 0 Å². The van der Waals surface area contributed by atoms with Crippen LogP contribution in [0.15, 0.2) is 34.9 Å². The van der Waals surface area contributed by atoms with Crippen LogP contribution in [0.1, 0.15) is 53.4 Å². The number of rotatable bonds is 2. The second-order valence-corrected chi connectivity index (χ2v) is 7.10. The lowest BCUT2D eigenvalue weighted by atomic mass is 9.83. The lowest BCUT2D eigenvalue weighted by Gasteiger charge is -2.19. The fraction of sp³-hybridized carbons (Fsp3) is 0.524. The number of carbonyl (C=O) groups excluding carboxylic acids is 4. The van der Waals surface area contributed by atoms with E-state index in [2.05, 4.69) is 0 Å². The highest BCUT2D eigenvalue weighted by Gasteiger charge is 2.28. The summed E-state index contributed by atoms with van der Waals surface area (Å²) in [5, 5.41) is 0. The van der Waals surface area contributed by atoms with Crippen molar-refractivity contribution < 1.29 is 23.9 Å². The minimum Gasteiger partial charge on any atom is -0.466 e. The minimum absolute atomic E-state index is 0.0222. The van der Waals surface area contributed by atoms with Crippen LogP contribution in [0.5, 0.6) is 0 Å². The van der Waals surface area contributed by atoms with Crippen molar-refractivity contribution in [1.82, 2.24) is 0 Å². The van der Waals surface area contributed by atoms with Crippen LogP contribution in [0.4, 0.5) is 0 Å². The Morgan fingerprint density at radius 1 is 1.15 bits per heavy atom. The van der Waals surface area contributed by atoms with Gasteiger partial charge in [-0.25, -0.2) is 4.79 Å². The molecule has 142 valence electrons. The number of ether oxygens (including phenoxy) is 1.